The fourth-order valence-corrected chi connectivity index (χ4v) is 2.49. The third kappa shape index (κ3) is 2.76. The molecule has 1 aliphatic carbocycles. The topological polar surface area (TPSA) is 68.0 Å². The average Bonchev–Trinajstić information content (AvgIpc) is 2.70. The van der Waals surface area contributed by atoms with Crippen LogP contribution in [0.15, 0.2) is 11.6 Å². The molecule has 4 nitrogen and oxygen atoms in total. The van der Waals surface area contributed by atoms with Gasteiger partial charge in [-0.1, -0.05) is 6.42 Å². The van der Waals surface area contributed by atoms with Crippen molar-refractivity contribution in [1.82, 2.24) is 4.98 Å². The second kappa shape index (κ2) is 4.72. The van der Waals surface area contributed by atoms with E-state index in [0.717, 1.165) is 25.7 Å². The number of carbonyl (C=O) groups is 1. The number of nitrogens with one attached hydrogen (secondary N) is 1. The molecule has 1 amide bonds. The lowest BCUT2D eigenvalue weighted by molar-refractivity contribution is -0.120. The van der Waals surface area contributed by atoms with Crippen molar-refractivity contribution < 1.29 is 4.79 Å². The van der Waals surface area contributed by atoms with Crippen LogP contribution in [0.1, 0.15) is 25.7 Å². The molecule has 1 fully saturated rings. The fourth-order valence-electron chi connectivity index (χ4n) is 1.96. The zero-order valence-corrected chi connectivity index (χ0v) is 9.30. The summed E-state index contributed by atoms with van der Waals surface area (Å²) in [5.41, 5.74) is 5.84. The summed E-state index contributed by atoms with van der Waals surface area (Å²) in [4.78, 5) is 15.8. The minimum atomic E-state index is 0.0673. The molecule has 0 spiro atoms. The maximum atomic E-state index is 11.8. The molecule has 1 heterocycles. The molecule has 1 saturated carbocycles. The summed E-state index contributed by atoms with van der Waals surface area (Å²) in [5, 5.41) is 5.35. The van der Waals surface area contributed by atoms with Gasteiger partial charge in [0.1, 0.15) is 0 Å². The van der Waals surface area contributed by atoms with Gasteiger partial charge in [0.25, 0.3) is 0 Å². The van der Waals surface area contributed by atoms with Crippen molar-refractivity contribution in [3.8, 4) is 0 Å². The molecule has 1 aromatic heterocycles. The lowest BCUT2D eigenvalue weighted by atomic mass is 9.86. The van der Waals surface area contributed by atoms with Crippen molar-refractivity contribution >= 4 is 22.4 Å². The standard InChI is InChI=1S/C10H15N3OS/c11-8-3-1-2-7(6-8)9(14)13-10-12-4-5-15-10/h4-5,7-8H,1-3,6,11H2,(H,12,13,14). The number of thiazole rings is 1. The average molecular weight is 225 g/mol. The quantitative estimate of drug-likeness (QED) is 0.803. The Hall–Kier alpha value is -0.940. The minimum absolute atomic E-state index is 0.0673. The van der Waals surface area contributed by atoms with E-state index >= 15 is 0 Å². The van der Waals surface area contributed by atoms with E-state index in [1.54, 1.807) is 6.20 Å². The van der Waals surface area contributed by atoms with E-state index < -0.39 is 0 Å². The number of nitrogens with zero attached hydrogens (tertiary/aromatic N) is 1. The van der Waals surface area contributed by atoms with Crippen LogP contribution in [0, 0.1) is 5.92 Å². The van der Waals surface area contributed by atoms with Crippen LogP contribution in [0.5, 0.6) is 0 Å². The molecule has 2 atom stereocenters. The van der Waals surface area contributed by atoms with E-state index in [4.69, 9.17) is 5.73 Å². The molecule has 0 bridgehead atoms. The fraction of sp³-hybridized carbons (Fsp3) is 0.600. The molecule has 82 valence electrons. The van der Waals surface area contributed by atoms with Crippen LogP contribution >= 0.6 is 11.3 Å². The van der Waals surface area contributed by atoms with Gasteiger partial charge in [0, 0.05) is 23.5 Å². The maximum absolute atomic E-state index is 11.8. The van der Waals surface area contributed by atoms with E-state index in [-0.39, 0.29) is 17.9 Å². The highest BCUT2D eigenvalue weighted by molar-refractivity contribution is 7.13. The summed E-state index contributed by atoms with van der Waals surface area (Å²) in [6, 6.07) is 0.186. The third-order valence-electron chi connectivity index (χ3n) is 2.75. The van der Waals surface area contributed by atoms with Crippen LogP contribution in [-0.2, 0) is 4.79 Å². The third-order valence-corrected chi connectivity index (χ3v) is 3.44. The lowest BCUT2D eigenvalue weighted by Gasteiger charge is -2.25. The van der Waals surface area contributed by atoms with Gasteiger partial charge in [-0.2, -0.15) is 0 Å². The Balaban J connectivity index is 1.90. The number of hydrogen-bond acceptors (Lipinski definition) is 4. The second-order valence-electron chi connectivity index (χ2n) is 3.95. The Labute approximate surface area is 92.9 Å². The summed E-state index contributed by atoms with van der Waals surface area (Å²) in [6.07, 6.45) is 5.53. The van der Waals surface area contributed by atoms with Gasteiger partial charge in [0.2, 0.25) is 5.91 Å². The number of amides is 1. The first-order valence-electron chi connectivity index (χ1n) is 5.21. The second-order valence-corrected chi connectivity index (χ2v) is 4.84. The summed E-state index contributed by atoms with van der Waals surface area (Å²) in [5.74, 6) is 0.137. The van der Waals surface area contributed by atoms with E-state index in [1.807, 2.05) is 5.38 Å². The number of anilines is 1. The number of hydrogen-bond donors (Lipinski definition) is 2. The van der Waals surface area contributed by atoms with Crippen molar-refractivity contribution in [3.05, 3.63) is 11.6 Å². The molecule has 5 heteroatoms. The Morgan fingerprint density at radius 3 is 3.13 bits per heavy atom. The van der Waals surface area contributed by atoms with E-state index in [0.29, 0.717) is 5.13 Å². The van der Waals surface area contributed by atoms with Crippen molar-refractivity contribution in [2.45, 2.75) is 31.7 Å². The van der Waals surface area contributed by atoms with Gasteiger partial charge in [-0.15, -0.1) is 11.3 Å². The van der Waals surface area contributed by atoms with Gasteiger partial charge in [-0.05, 0) is 19.3 Å². The summed E-state index contributed by atoms with van der Waals surface area (Å²) in [6.45, 7) is 0. The van der Waals surface area contributed by atoms with Gasteiger partial charge in [-0.3, -0.25) is 4.79 Å². The van der Waals surface area contributed by atoms with Crippen LogP contribution in [0.3, 0.4) is 0 Å². The molecule has 2 rings (SSSR count). The Morgan fingerprint density at radius 2 is 2.47 bits per heavy atom. The first-order chi connectivity index (χ1) is 7.25. The zero-order valence-electron chi connectivity index (χ0n) is 8.48. The first kappa shape index (κ1) is 10.6. The number of nitrogens with two attached hydrogens (primary N) is 1. The largest absolute Gasteiger partial charge is 0.328 e. The number of carbonyl (C=O) groups excluding carboxylic acids is 1. The normalized spacial score (nSPS) is 26.2. The van der Waals surface area contributed by atoms with Gasteiger partial charge < -0.3 is 11.1 Å². The summed E-state index contributed by atoms with van der Waals surface area (Å²) >= 11 is 1.44. The first-order valence-corrected chi connectivity index (χ1v) is 6.09. The van der Waals surface area contributed by atoms with E-state index in [2.05, 4.69) is 10.3 Å². The maximum Gasteiger partial charge on any atom is 0.229 e. The smallest absolute Gasteiger partial charge is 0.229 e. The monoisotopic (exact) mass is 225 g/mol. The van der Waals surface area contributed by atoms with Crippen molar-refractivity contribution in [3.63, 3.8) is 0 Å². The van der Waals surface area contributed by atoms with Crippen molar-refractivity contribution in [2.75, 3.05) is 5.32 Å². The lowest BCUT2D eigenvalue weighted by Crippen LogP contribution is -2.34. The van der Waals surface area contributed by atoms with Crippen LogP contribution in [0.4, 0.5) is 5.13 Å². The molecular formula is C10H15N3OS. The van der Waals surface area contributed by atoms with E-state index in [1.165, 1.54) is 11.3 Å². The highest BCUT2D eigenvalue weighted by atomic mass is 32.1. The SMILES string of the molecule is NC1CCCC(C(=O)Nc2nccs2)C1. The predicted octanol–water partition coefficient (Wildman–Crippen LogP) is 1.60. The molecule has 1 aliphatic rings. The molecule has 0 saturated heterocycles. The van der Waals surface area contributed by atoms with Crippen LogP contribution in [-0.4, -0.2) is 16.9 Å². The van der Waals surface area contributed by atoms with Gasteiger partial charge in [0.15, 0.2) is 5.13 Å². The molecule has 0 aromatic carbocycles. The number of aromatic nitrogens is 1. The molecular weight excluding hydrogens is 210 g/mol. The molecule has 0 aliphatic heterocycles. The van der Waals surface area contributed by atoms with Crippen LogP contribution < -0.4 is 11.1 Å². The molecule has 15 heavy (non-hydrogen) atoms. The van der Waals surface area contributed by atoms with Gasteiger partial charge in [-0.25, -0.2) is 4.98 Å². The predicted molar refractivity (Wildman–Crippen MR) is 60.7 cm³/mol. The van der Waals surface area contributed by atoms with E-state index in [9.17, 15) is 4.79 Å². The molecule has 3 N–H and O–H groups in total. The molecule has 2 unspecified atom stereocenters. The molecule has 1 aromatic rings. The van der Waals surface area contributed by atoms with Gasteiger partial charge in [0.05, 0.1) is 0 Å². The van der Waals surface area contributed by atoms with Crippen LogP contribution in [0.2, 0.25) is 0 Å². The summed E-state index contributed by atoms with van der Waals surface area (Å²) in [7, 11) is 0. The highest BCUT2D eigenvalue weighted by Gasteiger charge is 2.25. The van der Waals surface area contributed by atoms with Crippen molar-refractivity contribution in [1.29, 1.82) is 0 Å². The highest BCUT2D eigenvalue weighted by Crippen LogP contribution is 2.24. The summed E-state index contributed by atoms with van der Waals surface area (Å²) < 4.78 is 0. The Bertz CT molecular complexity index is 325. The molecule has 0 radical (unpaired) electrons. The zero-order chi connectivity index (χ0) is 10.7. The minimum Gasteiger partial charge on any atom is -0.328 e. The number of rotatable bonds is 2. The van der Waals surface area contributed by atoms with Crippen molar-refractivity contribution in [2.24, 2.45) is 11.7 Å². The van der Waals surface area contributed by atoms with Crippen LogP contribution in [0.25, 0.3) is 0 Å². The Kier molecular flexibility index (Phi) is 3.33. The Morgan fingerprint density at radius 1 is 1.60 bits per heavy atom. The van der Waals surface area contributed by atoms with Gasteiger partial charge >= 0.3 is 0 Å².